The fraction of sp³-hybridized carbons (Fsp3) is 0.556. The maximum atomic E-state index is 11.7. The van der Waals surface area contributed by atoms with Crippen molar-refractivity contribution in [2.75, 3.05) is 0 Å². The highest BCUT2D eigenvalue weighted by Crippen LogP contribution is 2.21. The van der Waals surface area contributed by atoms with E-state index in [1.165, 1.54) is 6.20 Å². The SMILES string of the molecule is CCn1ncc(Cl)c1C(=O)NC1CC1. The van der Waals surface area contributed by atoms with Gasteiger partial charge in [-0.1, -0.05) is 11.6 Å². The van der Waals surface area contributed by atoms with E-state index in [0.717, 1.165) is 12.8 Å². The van der Waals surface area contributed by atoms with Crippen LogP contribution >= 0.6 is 11.6 Å². The van der Waals surface area contributed by atoms with Crippen molar-refractivity contribution in [3.05, 3.63) is 16.9 Å². The molecule has 0 saturated heterocycles. The number of nitrogens with one attached hydrogen (secondary N) is 1. The third kappa shape index (κ3) is 1.75. The molecule has 0 unspecified atom stereocenters. The standard InChI is InChI=1S/C9H12ClN3O/c1-2-13-8(7(10)5-11-13)9(14)12-6-3-4-6/h5-6H,2-4H2,1H3,(H,12,14). The second-order valence-corrected chi connectivity index (χ2v) is 3.81. The topological polar surface area (TPSA) is 46.9 Å². The van der Waals surface area contributed by atoms with Crippen molar-refractivity contribution in [3.63, 3.8) is 0 Å². The Labute approximate surface area is 87.2 Å². The highest BCUT2D eigenvalue weighted by atomic mass is 35.5. The van der Waals surface area contributed by atoms with Crippen LogP contribution in [-0.4, -0.2) is 21.7 Å². The Morgan fingerprint density at radius 2 is 2.50 bits per heavy atom. The van der Waals surface area contributed by atoms with E-state index in [1.54, 1.807) is 4.68 Å². The molecule has 0 atom stereocenters. The zero-order valence-electron chi connectivity index (χ0n) is 7.96. The van der Waals surface area contributed by atoms with Gasteiger partial charge in [0.1, 0.15) is 5.69 Å². The summed E-state index contributed by atoms with van der Waals surface area (Å²) < 4.78 is 1.61. The Morgan fingerprint density at radius 1 is 1.79 bits per heavy atom. The van der Waals surface area contributed by atoms with Crippen molar-refractivity contribution in [3.8, 4) is 0 Å². The minimum atomic E-state index is -0.114. The number of hydrogen-bond acceptors (Lipinski definition) is 2. The molecule has 1 aromatic rings. The second-order valence-electron chi connectivity index (χ2n) is 3.40. The molecular weight excluding hydrogens is 202 g/mol. The Kier molecular flexibility index (Phi) is 2.46. The molecule has 1 aliphatic carbocycles. The summed E-state index contributed by atoms with van der Waals surface area (Å²) in [7, 11) is 0. The van der Waals surface area contributed by atoms with Crippen molar-refractivity contribution >= 4 is 17.5 Å². The number of aromatic nitrogens is 2. The van der Waals surface area contributed by atoms with Crippen LogP contribution in [-0.2, 0) is 6.54 Å². The predicted molar refractivity (Wildman–Crippen MR) is 53.4 cm³/mol. The van der Waals surface area contributed by atoms with Gasteiger partial charge in [-0.2, -0.15) is 5.10 Å². The predicted octanol–water partition coefficient (Wildman–Crippen LogP) is 1.45. The molecule has 0 aliphatic heterocycles. The van der Waals surface area contributed by atoms with E-state index >= 15 is 0 Å². The lowest BCUT2D eigenvalue weighted by atomic mass is 10.4. The molecule has 0 radical (unpaired) electrons. The van der Waals surface area contributed by atoms with Crippen LogP contribution in [0.1, 0.15) is 30.3 Å². The Morgan fingerprint density at radius 3 is 3.07 bits per heavy atom. The Hall–Kier alpha value is -1.03. The summed E-state index contributed by atoms with van der Waals surface area (Å²) in [5.41, 5.74) is 0.473. The van der Waals surface area contributed by atoms with E-state index in [0.29, 0.717) is 23.3 Å². The van der Waals surface area contributed by atoms with Gasteiger partial charge in [-0.15, -0.1) is 0 Å². The highest BCUT2D eigenvalue weighted by Gasteiger charge is 2.26. The zero-order chi connectivity index (χ0) is 10.1. The van der Waals surface area contributed by atoms with Crippen molar-refractivity contribution in [2.24, 2.45) is 0 Å². The molecule has 1 amide bonds. The summed E-state index contributed by atoms with van der Waals surface area (Å²) in [5.74, 6) is -0.114. The summed E-state index contributed by atoms with van der Waals surface area (Å²) in [5, 5.41) is 7.32. The van der Waals surface area contributed by atoms with E-state index in [1.807, 2.05) is 6.92 Å². The van der Waals surface area contributed by atoms with Crippen molar-refractivity contribution in [2.45, 2.75) is 32.4 Å². The number of aryl methyl sites for hydroxylation is 1. The third-order valence-electron chi connectivity index (χ3n) is 2.22. The first-order chi connectivity index (χ1) is 6.72. The van der Waals surface area contributed by atoms with Gasteiger partial charge in [0.15, 0.2) is 0 Å². The number of hydrogen-bond donors (Lipinski definition) is 1. The van der Waals surface area contributed by atoms with E-state index in [-0.39, 0.29) is 5.91 Å². The van der Waals surface area contributed by atoms with Gasteiger partial charge in [-0.05, 0) is 19.8 Å². The van der Waals surface area contributed by atoms with Gasteiger partial charge in [0.25, 0.3) is 5.91 Å². The molecule has 1 fully saturated rings. The van der Waals surface area contributed by atoms with E-state index in [4.69, 9.17) is 11.6 Å². The van der Waals surface area contributed by atoms with Crippen LogP contribution in [0.5, 0.6) is 0 Å². The number of rotatable bonds is 3. The molecular formula is C9H12ClN3O. The van der Waals surface area contributed by atoms with Crippen LogP contribution in [0.4, 0.5) is 0 Å². The van der Waals surface area contributed by atoms with E-state index < -0.39 is 0 Å². The first-order valence-corrected chi connectivity index (χ1v) is 5.12. The number of amides is 1. The molecule has 1 aromatic heterocycles. The second kappa shape index (κ2) is 3.61. The van der Waals surface area contributed by atoms with Crippen LogP contribution in [0, 0.1) is 0 Å². The maximum absolute atomic E-state index is 11.7. The summed E-state index contributed by atoms with van der Waals surface area (Å²) in [6.07, 6.45) is 3.65. The summed E-state index contributed by atoms with van der Waals surface area (Å²) in [6, 6.07) is 0.346. The van der Waals surface area contributed by atoms with Crippen molar-refractivity contribution in [1.82, 2.24) is 15.1 Å². The van der Waals surface area contributed by atoms with Gasteiger partial charge in [0, 0.05) is 12.6 Å². The minimum Gasteiger partial charge on any atom is -0.348 e. The largest absolute Gasteiger partial charge is 0.348 e. The highest BCUT2D eigenvalue weighted by molar-refractivity contribution is 6.33. The van der Waals surface area contributed by atoms with Crippen LogP contribution in [0.3, 0.4) is 0 Å². The average Bonchev–Trinajstić information content (AvgIpc) is 2.87. The lowest BCUT2D eigenvalue weighted by molar-refractivity contribution is 0.0940. The Bertz CT molecular complexity index is 357. The molecule has 1 aliphatic rings. The lowest BCUT2D eigenvalue weighted by Crippen LogP contribution is -2.28. The van der Waals surface area contributed by atoms with Crippen molar-refractivity contribution < 1.29 is 4.79 Å². The molecule has 14 heavy (non-hydrogen) atoms. The molecule has 1 saturated carbocycles. The first kappa shape index (κ1) is 9.52. The van der Waals surface area contributed by atoms with Crippen LogP contribution in [0.15, 0.2) is 6.20 Å². The summed E-state index contributed by atoms with van der Waals surface area (Å²) in [4.78, 5) is 11.7. The van der Waals surface area contributed by atoms with E-state index in [2.05, 4.69) is 10.4 Å². The fourth-order valence-electron chi connectivity index (χ4n) is 1.31. The van der Waals surface area contributed by atoms with Gasteiger partial charge in [0.05, 0.1) is 11.2 Å². The van der Waals surface area contributed by atoms with Crippen molar-refractivity contribution in [1.29, 1.82) is 0 Å². The number of carbonyl (C=O) groups excluding carboxylic acids is 1. The molecule has 0 bridgehead atoms. The normalized spacial score (nSPS) is 15.6. The molecule has 1 heterocycles. The summed E-state index contributed by atoms with van der Waals surface area (Å²) in [6.45, 7) is 2.58. The number of carbonyl (C=O) groups is 1. The molecule has 0 spiro atoms. The Balaban J connectivity index is 2.19. The molecule has 2 rings (SSSR count). The third-order valence-corrected chi connectivity index (χ3v) is 2.50. The van der Waals surface area contributed by atoms with E-state index in [9.17, 15) is 4.79 Å². The number of halogens is 1. The zero-order valence-corrected chi connectivity index (χ0v) is 8.71. The lowest BCUT2D eigenvalue weighted by Gasteiger charge is -2.05. The smallest absolute Gasteiger partial charge is 0.271 e. The van der Waals surface area contributed by atoms with Gasteiger partial charge >= 0.3 is 0 Å². The van der Waals surface area contributed by atoms with Crippen LogP contribution in [0.25, 0.3) is 0 Å². The monoisotopic (exact) mass is 213 g/mol. The van der Waals surface area contributed by atoms with Gasteiger partial charge < -0.3 is 5.32 Å². The summed E-state index contributed by atoms with van der Waals surface area (Å²) >= 11 is 5.88. The van der Waals surface area contributed by atoms with Gasteiger partial charge in [0.2, 0.25) is 0 Å². The average molecular weight is 214 g/mol. The van der Waals surface area contributed by atoms with Gasteiger partial charge in [-0.25, -0.2) is 0 Å². The maximum Gasteiger partial charge on any atom is 0.271 e. The molecule has 76 valence electrons. The molecule has 4 nitrogen and oxygen atoms in total. The fourth-order valence-corrected chi connectivity index (χ4v) is 1.54. The molecule has 0 aromatic carbocycles. The van der Waals surface area contributed by atoms with Crippen LogP contribution < -0.4 is 5.32 Å². The first-order valence-electron chi connectivity index (χ1n) is 4.74. The quantitative estimate of drug-likeness (QED) is 0.826. The minimum absolute atomic E-state index is 0.114. The number of nitrogens with zero attached hydrogens (tertiary/aromatic N) is 2. The molecule has 1 N–H and O–H groups in total. The van der Waals surface area contributed by atoms with Crippen LogP contribution in [0.2, 0.25) is 5.02 Å². The van der Waals surface area contributed by atoms with Gasteiger partial charge in [-0.3, -0.25) is 9.48 Å². The molecule has 5 heteroatoms.